The van der Waals surface area contributed by atoms with Crippen molar-refractivity contribution in [3.63, 3.8) is 0 Å². The number of carbonyl (C=O) groups is 2. The van der Waals surface area contributed by atoms with Gasteiger partial charge in [-0.2, -0.15) is 0 Å². The highest BCUT2D eigenvalue weighted by Gasteiger charge is 2.23. The summed E-state index contributed by atoms with van der Waals surface area (Å²) in [6.45, 7) is -0.385. The normalized spacial score (nSPS) is 10.1. The Hall–Kier alpha value is -1.50. The average Bonchev–Trinajstić information content (AvgIpc) is 2.27. The van der Waals surface area contributed by atoms with Gasteiger partial charge >= 0.3 is 5.97 Å². The fraction of sp³-hybridized carbons (Fsp3) is 0.273. The van der Waals surface area contributed by atoms with Crippen LogP contribution in [0.5, 0.6) is 0 Å². The predicted molar refractivity (Wildman–Crippen MR) is 63.0 cm³/mol. The zero-order chi connectivity index (χ0) is 13.9. The number of halogens is 3. The fourth-order valence-corrected chi connectivity index (χ4v) is 1.67. The molecule has 0 bridgehead atoms. The lowest BCUT2D eigenvalue weighted by Gasteiger charge is -2.16. The van der Waals surface area contributed by atoms with Crippen molar-refractivity contribution < 1.29 is 23.1 Å². The maximum atomic E-state index is 13.5. The number of nitrogens with zero attached hydrogens (tertiary/aromatic N) is 1. The molecule has 0 unspecified atom stereocenters. The summed E-state index contributed by atoms with van der Waals surface area (Å²) in [6, 6.07) is 1.95. The largest absolute Gasteiger partial charge is 0.468 e. The average molecular weight is 322 g/mol. The van der Waals surface area contributed by atoms with Gasteiger partial charge in [0.1, 0.15) is 23.7 Å². The minimum absolute atomic E-state index is 0.185. The van der Waals surface area contributed by atoms with Crippen LogP contribution in [0.25, 0.3) is 0 Å². The summed E-state index contributed by atoms with van der Waals surface area (Å²) in [6.07, 6.45) is 0. The van der Waals surface area contributed by atoms with E-state index in [9.17, 15) is 18.4 Å². The van der Waals surface area contributed by atoms with Crippen LogP contribution >= 0.6 is 15.9 Å². The van der Waals surface area contributed by atoms with E-state index in [-0.39, 0.29) is 11.0 Å². The SMILES string of the molecule is COC(=O)CN(C)C(=O)c1c(F)cc(Br)cc1F. The molecule has 18 heavy (non-hydrogen) atoms. The van der Waals surface area contributed by atoms with Crippen LogP contribution in [0.1, 0.15) is 10.4 Å². The molecule has 0 saturated heterocycles. The molecule has 0 saturated carbocycles. The second kappa shape index (κ2) is 5.90. The summed E-state index contributed by atoms with van der Waals surface area (Å²) < 4.78 is 31.6. The number of carbonyl (C=O) groups excluding carboxylic acids is 2. The van der Waals surface area contributed by atoms with Crippen LogP contribution < -0.4 is 0 Å². The lowest BCUT2D eigenvalue weighted by molar-refractivity contribution is -0.141. The topological polar surface area (TPSA) is 46.6 Å². The zero-order valence-electron chi connectivity index (χ0n) is 9.67. The second-order valence-corrected chi connectivity index (χ2v) is 4.40. The van der Waals surface area contributed by atoms with Crippen molar-refractivity contribution in [3.05, 3.63) is 33.8 Å². The fourth-order valence-electron chi connectivity index (χ4n) is 1.27. The highest BCUT2D eigenvalue weighted by Crippen LogP contribution is 2.20. The van der Waals surface area contributed by atoms with Crippen molar-refractivity contribution in [2.45, 2.75) is 0 Å². The molecule has 0 aliphatic rings. The molecule has 0 aliphatic heterocycles. The molecule has 0 aliphatic carbocycles. The Balaban J connectivity index is 3.00. The number of likely N-dealkylation sites (N-methyl/N-ethyl adjacent to an activating group) is 1. The summed E-state index contributed by atoms with van der Waals surface area (Å²) in [7, 11) is 2.40. The van der Waals surface area contributed by atoms with Crippen LogP contribution in [0.4, 0.5) is 8.78 Å². The lowest BCUT2D eigenvalue weighted by Crippen LogP contribution is -2.33. The summed E-state index contributed by atoms with van der Waals surface area (Å²) in [5.74, 6) is -3.60. The van der Waals surface area contributed by atoms with E-state index in [0.29, 0.717) is 0 Å². The van der Waals surface area contributed by atoms with Gasteiger partial charge in [0.2, 0.25) is 0 Å². The predicted octanol–water partition coefficient (Wildman–Crippen LogP) is 1.97. The molecule has 0 atom stereocenters. The number of rotatable bonds is 3. The summed E-state index contributed by atoms with van der Waals surface area (Å²) >= 11 is 2.91. The molecule has 0 radical (unpaired) electrons. The van der Waals surface area contributed by atoms with Gasteiger partial charge in [0.15, 0.2) is 0 Å². The Morgan fingerprint density at radius 2 is 1.83 bits per heavy atom. The Labute approximate surface area is 111 Å². The van der Waals surface area contributed by atoms with Crippen LogP contribution in [0.3, 0.4) is 0 Å². The quantitative estimate of drug-likeness (QED) is 0.800. The highest BCUT2D eigenvalue weighted by atomic mass is 79.9. The lowest BCUT2D eigenvalue weighted by atomic mass is 10.1. The van der Waals surface area contributed by atoms with E-state index >= 15 is 0 Å². The third-order valence-corrected chi connectivity index (χ3v) is 2.62. The highest BCUT2D eigenvalue weighted by molar-refractivity contribution is 9.10. The Bertz CT molecular complexity index is 470. The van der Waals surface area contributed by atoms with Gasteiger partial charge in [-0.15, -0.1) is 0 Å². The smallest absolute Gasteiger partial charge is 0.325 e. The van der Waals surface area contributed by atoms with Gasteiger partial charge < -0.3 is 9.64 Å². The van der Waals surface area contributed by atoms with Crippen molar-refractivity contribution in [2.75, 3.05) is 20.7 Å². The number of hydrogen-bond donors (Lipinski definition) is 0. The van der Waals surface area contributed by atoms with Crippen molar-refractivity contribution in [3.8, 4) is 0 Å². The molecule has 1 rings (SSSR count). The van der Waals surface area contributed by atoms with E-state index in [1.165, 1.54) is 7.05 Å². The number of hydrogen-bond acceptors (Lipinski definition) is 3. The van der Waals surface area contributed by atoms with Crippen molar-refractivity contribution in [1.82, 2.24) is 4.90 Å². The number of amides is 1. The summed E-state index contributed by atoms with van der Waals surface area (Å²) in [5.41, 5.74) is -0.704. The molecule has 0 heterocycles. The summed E-state index contributed by atoms with van der Waals surface area (Å²) in [4.78, 5) is 23.6. The maximum Gasteiger partial charge on any atom is 0.325 e. The van der Waals surface area contributed by atoms with Crippen LogP contribution in [0, 0.1) is 11.6 Å². The Morgan fingerprint density at radius 1 is 1.33 bits per heavy atom. The van der Waals surface area contributed by atoms with Crippen molar-refractivity contribution >= 4 is 27.8 Å². The van der Waals surface area contributed by atoms with Crippen LogP contribution in [0.15, 0.2) is 16.6 Å². The molecule has 4 nitrogen and oxygen atoms in total. The first-order chi connectivity index (χ1) is 8.36. The second-order valence-electron chi connectivity index (χ2n) is 3.48. The van der Waals surface area contributed by atoms with Gasteiger partial charge in [0, 0.05) is 11.5 Å². The monoisotopic (exact) mass is 321 g/mol. The molecule has 0 spiro atoms. The minimum atomic E-state index is -0.997. The Morgan fingerprint density at radius 3 is 2.28 bits per heavy atom. The van der Waals surface area contributed by atoms with Crippen molar-refractivity contribution in [2.24, 2.45) is 0 Å². The molecule has 98 valence electrons. The Kier molecular flexibility index (Phi) is 4.77. The third kappa shape index (κ3) is 3.25. The maximum absolute atomic E-state index is 13.5. The molecule has 0 fully saturated rings. The standard InChI is InChI=1S/C11H10BrF2NO3/c1-15(5-9(16)18-2)11(17)10-7(13)3-6(12)4-8(10)14/h3-4H,5H2,1-2H3. The first-order valence-corrected chi connectivity index (χ1v) is 5.63. The summed E-state index contributed by atoms with van der Waals surface area (Å²) in [5, 5.41) is 0. The third-order valence-electron chi connectivity index (χ3n) is 2.16. The first kappa shape index (κ1) is 14.6. The van der Waals surface area contributed by atoms with Gasteiger partial charge in [-0.25, -0.2) is 8.78 Å². The first-order valence-electron chi connectivity index (χ1n) is 4.83. The van der Waals surface area contributed by atoms with Crippen molar-refractivity contribution in [1.29, 1.82) is 0 Å². The minimum Gasteiger partial charge on any atom is -0.468 e. The molecule has 1 aromatic rings. The van der Waals surface area contributed by atoms with Crippen LogP contribution in [-0.2, 0) is 9.53 Å². The van der Waals surface area contributed by atoms with E-state index < -0.39 is 29.1 Å². The van der Waals surface area contributed by atoms with Gasteiger partial charge in [0.05, 0.1) is 7.11 Å². The van der Waals surface area contributed by atoms with Gasteiger partial charge in [-0.1, -0.05) is 15.9 Å². The number of ether oxygens (including phenoxy) is 1. The number of benzene rings is 1. The number of esters is 1. The molecule has 7 heteroatoms. The number of methoxy groups -OCH3 is 1. The van der Waals surface area contributed by atoms with E-state index in [1.54, 1.807) is 0 Å². The van der Waals surface area contributed by atoms with Gasteiger partial charge in [-0.05, 0) is 12.1 Å². The zero-order valence-corrected chi connectivity index (χ0v) is 11.3. The molecule has 0 N–H and O–H groups in total. The van der Waals surface area contributed by atoms with E-state index in [1.807, 2.05) is 0 Å². The molecule has 1 amide bonds. The molecule has 1 aromatic carbocycles. The van der Waals surface area contributed by atoms with E-state index in [4.69, 9.17) is 0 Å². The van der Waals surface area contributed by atoms with Crippen LogP contribution in [-0.4, -0.2) is 37.5 Å². The van der Waals surface area contributed by atoms with Gasteiger partial charge in [0.25, 0.3) is 5.91 Å². The van der Waals surface area contributed by atoms with E-state index in [0.717, 1.165) is 24.1 Å². The van der Waals surface area contributed by atoms with Crippen LogP contribution in [0.2, 0.25) is 0 Å². The molecule has 0 aromatic heterocycles. The van der Waals surface area contributed by atoms with E-state index in [2.05, 4.69) is 20.7 Å². The van der Waals surface area contributed by atoms with Gasteiger partial charge in [-0.3, -0.25) is 9.59 Å². The molecular formula is C11H10BrF2NO3. The molecular weight excluding hydrogens is 312 g/mol.